The van der Waals surface area contributed by atoms with E-state index in [1.54, 1.807) is 11.9 Å². The molecule has 1 aromatic rings. The molecule has 0 saturated heterocycles. The molecule has 1 aliphatic heterocycles. The first kappa shape index (κ1) is 13.4. The van der Waals surface area contributed by atoms with Crippen LogP contribution in [-0.4, -0.2) is 41.7 Å². The normalized spacial score (nSPS) is 19.5. The Morgan fingerprint density at radius 1 is 1.40 bits per heavy atom. The number of fused-ring (bicyclic) bond motifs is 1. The lowest BCUT2D eigenvalue weighted by atomic mass is 10.0. The summed E-state index contributed by atoms with van der Waals surface area (Å²) in [7, 11) is 1.78. The van der Waals surface area contributed by atoms with Crippen LogP contribution in [0.4, 0.5) is 5.69 Å². The minimum absolute atomic E-state index is 0.0122. The van der Waals surface area contributed by atoms with E-state index in [0.717, 1.165) is 44.3 Å². The maximum atomic E-state index is 12.5. The first-order valence-electron chi connectivity index (χ1n) is 7.42. The molecule has 0 bridgehead atoms. The van der Waals surface area contributed by atoms with Crippen LogP contribution in [0.5, 0.6) is 0 Å². The van der Waals surface area contributed by atoms with Crippen molar-refractivity contribution in [1.29, 1.82) is 0 Å². The molecule has 1 fully saturated rings. The summed E-state index contributed by atoms with van der Waals surface area (Å²) in [5.74, 6) is -0.0122. The first-order valence-corrected chi connectivity index (χ1v) is 7.42. The highest BCUT2D eigenvalue weighted by atomic mass is 16.3. The average molecular weight is 274 g/mol. The number of carbonyl (C=O) groups is 1. The van der Waals surface area contributed by atoms with Crippen LogP contribution in [0.15, 0.2) is 18.2 Å². The molecule has 1 heterocycles. The number of hydrogen-bond donors (Lipinski definition) is 2. The molecular weight excluding hydrogens is 252 g/mol. The summed E-state index contributed by atoms with van der Waals surface area (Å²) in [6, 6.07) is 5.85. The molecule has 4 heteroatoms. The van der Waals surface area contributed by atoms with Gasteiger partial charge in [-0.3, -0.25) is 4.79 Å². The summed E-state index contributed by atoms with van der Waals surface area (Å²) in [6.07, 6.45) is 4.74. The van der Waals surface area contributed by atoms with Gasteiger partial charge in [-0.1, -0.05) is 18.9 Å². The van der Waals surface area contributed by atoms with E-state index in [1.807, 2.05) is 18.2 Å². The third kappa shape index (κ3) is 2.52. The summed E-state index contributed by atoms with van der Waals surface area (Å²) in [5, 5.41) is 13.7. The Hall–Kier alpha value is -1.55. The molecule has 0 spiro atoms. The zero-order valence-electron chi connectivity index (χ0n) is 12.0. The van der Waals surface area contributed by atoms with Crippen molar-refractivity contribution in [1.82, 2.24) is 4.90 Å². The third-order valence-electron chi connectivity index (χ3n) is 4.48. The van der Waals surface area contributed by atoms with Crippen molar-refractivity contribution in [2.75, 3.05) is 25.5 Å². The van der Waals surface area contributed by atoms with Gasteiger partial charge in [0.1, 0.15) is 0 Å². The van der Waals surface area contributed by atoms with Gasteiger partial charge in [-0.25, -0.2) is 0 Å². The lowest BCUT2D eigenvalue weighted by Gasteiger charge is -2.28. The summed E-state index contributed by atoms with van der Waals surface area (Å²) in [4.78, 5) is 14.1. The molecule has 0 radical (unpaired) electrons. The second-order valence-corrected chi connectivity index (χ2v) is 6.14. The van der Waals surface area contributed by atoms with Crippen LogP contribution in [-0.2, 0) is 6.42 Å². The highest BCUT2D eigenvalue weighted by Gasteiger charge is 2.33. The minimum atomic E-state index is -0.681. The monoisotopic (exact) mass is 274 g/mol. The van der Waals surface area contributed by atoms with Gasteiger partial charge in [0.25, 0.3) is 5.91 Å². The van der Waals surface area contributed by atoms with Gasteiger partial charge < -0.3 is 15.3 Å². The van der Waals surface area contributed by atoms with E-state index < -0.39 is 5.60 Å². The lowest BCUT2D eigenvalue weighted by molar-refractivity contribution is 0.0157. The van der Waals surface area contributed by atoms with Gasteiger partial charge in [0.2, 0.25) is 0 Å². The van der Waals surface area contributed by atoms with Crippen LogP contribution in [0.2, 0.25) is 0 Å². The fraction of sp³-hybridized carbons (Fsp3) is 0.562. The number of anilines is 1. The number of amides is 1. The Balaban J connectivity index is 1.71. The average Bonchev–Trinajstić information content (AvgIpc) is 3.05. The molecule has 0 atom stereocenters. The Labute approximate surface area is 119 Å². The van der Waals surface area contributed by atoms with Gasteiger partial charge in [0, 0.05) is 31.4 Å². The molecule has 0 aromatic heterocycles. The van der Waals surface area contributed by atoms with E-state index in [4.69, 9.17) is 0 Å². The van der Waals surface area contributed by atoms with E-state index in [9.17, 15) is 9.90 Å². The number of nitrogens with zero attached hydrogens (tertiary/aromatic N) is 1. The Morgan fingerprint density at radius 2 is 2.15 bits per heavy atom. The molecule has 1 aliphatic carbocycles. The number of rotatable bonds is 3. The fourth-order valence-corrected chi connectivity index (χ4v) is 3.35. The summed E-state index contributed by atoms with van der Waals surface area (Å²) in [6.45, 7) is 1.37. The van der Waals surface area contributed by atoms with Gasteiger partial charge in [-0.2, -0.15) is 0 Å². The van der Waals surface area contributed by atoms with E-state index in [1.165, 1.54) is 5.56 Å². The van der Waals surface area contributed by atoms with Crippen molar-refractivity contribution >= 4 is 11.6 Å². The van der Waals surface area contributed by atoms with Gasteiger partial charge in [-0.05, 0) is 37.0 Å². The largest absolute Gasteiger partial charge is 0.388 e. The van der Waals surface area contributed by atoms with Gasteiger partial charge in [-0.15, -0.1) is 0 Å². The summed E-state index contributed by atoms with van der Waals surface area (Å²) < 4.78 is 0. The fourth-order valence-electron chi connectivity index (χ4n) is 3.35. The molecule has 0 unspecified atom stereocenters. The molecular formula is C16H22N2O2. The number of nitrogens with one attached hydrogen (secondary N) is 1. The van der Waals surface area contributed by atoms with Crippen LogP contribution in [0, 0.1) is 0 Å². The van der Waals surface area contributed by atoms with Crippen molar-refractivity contribution in [2.24, 2.45) is 0 Å². The molecule has 1 aromatic carbocycles. The van der Waals surface area contributed by atoms with Crippen LogP contribution in [0.25, 0.3) is 0 Å². The SMILES string of the molecule is CN(CC1(O)CCCC1)C(=O)c1ccc2c(c1)NCC2. The standard InChI is InChI=1S/C16H22N2O2/c1-18(11-16(20)7-2-3-8-16)15(19)13-5-4-12-6-9-17-14(12)10-13/h4-5,10,17,20H,2-3,6-9,11H2,1H3. The Bertz CT molecular complexity index is 521. The van der Waals surface area contributed by atoms with Gasteiger partial charge in [0.05, 0.1) is 5.60 Å². The number of aliphatic hydroxyl groups is 1. The van der Waals surface area contributed by atoms with E-state index in [0.29, 0.717) is 12.1 Å². The molecule has 1 amide bonds. The van der Waals surface area contributed by atoms with E-state index in [-0.39, 0.29) is 5.91 Å². The second kappa shape index (κ2) is 5.09. The maximum absolute atomic E-state index is 12.5. The molecule has 4 nitrogen and oxygen atoms in total. The molecule has 20 heavy (non-hydrogen) atoms. The van der Waals surface area contributed by atoms with Crippen molar-refractivity contribution in [3.63, 3.8) is 0 Å². The highest BCUT2D eigenvalue weighted by molar-refractivity contribution is 5.95. The van der Waals surface area contributed by atoms with Crippen LogP contribution in [0.3, 0.4) is 0 Å². The summed E-state index contributed by atoms with van der Waals surface area (Å²) >= 11 is 0. The van der Waals surface area contributed by atoms with Crippen LogP contribution >= 0.6 is 0 Å². The predicted octanol–water partition coefficient (Wildman–Crippen LogP) is 2.03. The van der Waals surface area contributed by atoms with Crippen LogP contribution in [0.1, 0.15) is 41.6 Å². The third-order valence-corrected chi connectivity index (χ3v) is 4.48. The Kier molecular flexibility index (Phi) is 3.42. The van der Waals surface area contributed by atoms with E-state index >= 15 is 0 Å². The number of hydrogen-bond acceptors (Lipinski definition) is 3. The van der Waals surface area contributed by atoms with Crippen molar-refractivity contribution in [3.05, 3.63) is 29.3 Å². The molecule has 1 saturated carbocycles. The van der Waals surface area contributed by atoms with Crippen molar-refractivity contribution in [3.8, 4) is 0 Å². The highest BCUT2D eigenvalue weighted by Crippen LogP contribution is 2.30. The minimum Gasteiger partial charge on any atom is -0.388 e. The van der Waals surface area contributed by atoms with Crippen molar-refractivity contribution < 1.29 is 9.90 Å². The lowest BCUT2D eigenvalue weighted by Crippen LogP contribution is -2.42. The summed E-state index contributed by atoms with van der Waals surface area (Å²) in [5.41, 5.74) is 2.36. The second-order valence-electron chi connectivity index (χ2n) is 6.14. The zero-order valence-corrected chi connectivity index (χ0v) is 12.0. The van der Waals surface area contributed by atoms with Crippen LogP contribution < -0.4 is 5.32 Å². The number of benzene rings is 1. The topological polar surface area (TPSA) is 52.6 Å². The molecule has 108 valence electrons. The zero-order chi connectivity index (χ0) is 14.2. The first-order chi connectivity index (χ1) is 9.57. The predicted molar refractivity (Wildman–Crippen MR) is 79.0 cm³/mol. The molecule has 3 rings (SSSR count). The number of likely N-dealkylation sites (N-methyl/N-ethyl adjacent to an activating group) is 1. The van der Waals surface area contributed by atoms with Crippen molar-refractivity contribution in [2.45, 2.75) is 37.7 Å². The molecule has 2 N–H and O–H groups in total. The quantitative estimate of drug-likeness (QED) is 0.887. The van der Waals surface area contributed by atoms with Gasteiger partial charge in [0.15, 0.2) is 0 Å². The van der Waals surface area contributed by atoms with Gasteiger partial charge >= 0.3 is 0 Å². The smallest absolute Gasteiger partial charge is 0.253 e. The van der Waals surface area contributed by atoms with E-state index in [2.05, 4.69) is 5.32 Å². The Morgan fingerprint density at radius 3 is 2.90 bits per heavy atom. The maximum Gasteiger partial charge on any atom is 0.253 e. The number of carbonyl (C=O) groups excluding carboxylic acids is 1. The molecule has 2 aliphatic rings.